The number of rotatable bonds is 5. The Morgan fingerprint density at radius 2 is 1.96 bits per heavy atom. The van der Waals surface area contributed by atoms with Gasteiger partial charge >= 0.3 is 0 Å². The number of carbonyl (C=O) groups excluding carboxylic acids is 2. The summed E-state index contributed by atoms with van der Waals surface area (Å²) in [5, 5.41) is 4.96. The van der Waals surface area contributed by atoms with Crippen molar-refractivity contribution in [1.29, 1.82) is 0 Å². The fraction of sp³-hybridized carbons (Fsp3) is 0.400. The van der Waals surface area contributed by atoms with Crippen LogP contribution in [-0.4, -0.2) is 49.6 Å². The number of likely N-dealkylation sites (tertiary alicyclic amines) is 1. The van der Waals surface area contributed by atoms with Crippen molar-refractivity contribution < 1.29 is 14.3 Å². The molecule has 1 unspecified atom stereocenters. The number of carbonyl (C=O) groups is 2. The summed E-state index contributed by atoms with van der Waals surface area (Å²) in [7, 11) is 3.17. The van der Waals surface area contributed by atoms with E-state index in [2.05, 4.69) is 11.4 Å². The summed E-state index contributed by atoms with van der Waals surface area (Å²) in [4.78, 5) is 27.1. The molecule has 0 saturated carbocycles. The van der Waals surface area contributed by atoms with Crippen LogP contribution in [-0.2, 0) is 20.7 Å². The first-order chi connectivity index (χ1) is 12.1. The highest BCUT2D eigenvalue weighted by atomic mass is 16.5. The summed E-state index contributed by atoms with van der Waals surface area (Å²) >= 11 is 0. The van der Waals surface area contributed by atoms with E-state index in [0.717, 1.165) is 22.8 Å². The summed E-state index contributed by atoms with van der Waals surface area (Å²) in [6.45, 7) is 0.805. The highest BCUT2D eigenvalue weighted by Gasteiger charge is 2.49. The van der Waals surface area contributed by atoms with E-state index >= 15 is 0 Å². The maximum atomic E-state index is 13.0. The van der Waals surface area contributed by atoms with Gasteiger partial charge in [0.1, 0.15) is 5.54 Å². The van der Waals surface area contributed by atoms with E-state index in [1.807, 2.05) is 36.4 Å². The van der Waals surface area contributed by atoms with Crippen LogP contribution in [0.4, 0.5) is 0 Å². The van der Waals surface area contributed by atoms with Gasteiger partial charge < -0.3 is 15.0 Å². The molecule has 132 valence electrons. The van der Waals surface area contributed by atoms with Crippen molar-refractivity contribution in [3.8, 4) is 0 Å². The van der Waals surface area contributed by atoms with E-state index in [9.17, 15) is 9.59 Å². The van der Waals surface area contributed by atoms with Gasteiger partial charge in [0.2, 0.25) is 11.8 Å². The molecule has 0 aliphatic carbocycles. The lowest BCUT2D eigenvalue weighted by Crippen LogP contribution is -2.59. The van der Waals surface area contributed by atoms with Gasteiger partial charge in [-0.15, -0.1) is 0 Å². The average Bonchev–Trinajstić information content (AvgIpc) is 3.06. The van der Waals surface area contributed by atoms with Crippen LogP contribution in [0, 0.1) is 0 Å². The molecule has 1 saturated heterocycles. The highest BCUT2D eigenvalue weighted by Crippen LogP contribution is 2.31. The van der Waals surface area contributed by atoms with Crippen molar-refractivity contribution in [2.24, 2.45) is 0 Å². The maximum Gasteiger partial charge on any atom is 0.248 e. The van der Waals surface area contributed by atoms with Gasteiger partial charge in [0.15, 0.2) is 0 Å². The van der Waals surface area contributed by atoms with E-state index < -0.39 is 5.54 Å². The van der Waals surface area contributed by atoms with E-state index in [-0.39, 0.29) is 24.8 Å². The fourth-order valence-electron chi connectivity index (χ4n) is 3.78. The van der Waals surface area contributed by atoms with Gasteiger partial charge in [-0.3, -0.25) is 9.59 Å². The molecule has 1 aliphatic rings. The third-order valence-electron chi connectivity index (χ3n) is 4.99. The molecule has 1 N–H and O–H groups in total. The lowest BCUT2D eigenvalue weighted by Gasteiger charge is -2.36. The number of methoxy groups -OCH3 is 1. The number of likely N-dealkylation sites (N-methyl/N-ethyl adjacent to an activating group) is 1. The van der Waals surface area contributed by atoms with Crippen LogP contribution in [0.5, 0.6) is 0 Å². The number of benzene rings is 2. The molecule has 2 aromatic rings. The van der Waals surface area contributed by atoms with Crippen molar-refractivity contribution in [1.82, 2.24) is 10.2 Å². The molecular formula is C20H24N2O3. The Bertz CT molecular complexity index is 789. The van der Waals surface area contributed by atoms with Crippen LogP contribution in [0.2, 0.25) is 0 Å². The Hall–Kier alpha value is -2.40. The van der Waals surface area contributed by atoms with Gasteiger partial charge in [-0.25, -0.2) is 0 Å². The predicted octanol–water partition coefficient (Wildman–Crippen LogP) is 2.14. The van der Waals surface area contributed by atoms with Gasteiger partial charge in [-0.2, -0.15) is 0 Å². The third-order valence-corrected chi connectivity index (χ3v) is 4.99. The zero-order valence-electron chi connectivity index (χ0n) is 14.7. The van der Waals surface area contributed by atoms with Gasteiger partial charge in [0, 0.05) is 20.7 Å². The van der Waals surface area contributed by atoms with Crippen LogP contribution < -0.4 is 5.32 Å². The molecule has 2 amide bonds. The molecule has 2 aromatic carbocycles. The first-order valence-corrected chi connectivity index (χ1v) is 8.60. The topological polar surface area (TPSA) is 58.6 Å². The van der Waals surface area contributed by atoms with Crippen LogP contribution in [0.1, 0.15) is 18.4 Å². The number of nitrogens with zero attached hydrogens (tertiary/aromatic N) is 1. The molecule has 5 heteroatoms. The van der Waals surface area contributed by atoms with Gasteiger partial charge in [0.25, 0.3) is 0 Å². The maximum absolute atomic E-state index is 13.0. The lowest BCUT2D eigenvalue weighted by atomic mass is 9.95. The van der Waals surface area contributed by atoms with Crippen LogP contribution in [0.15, 0.2) is 42.5 Å². The minimum Gasteiger partial charge on any atom is -0.382 e. The largest absolute Gasteiger partial charge is 0.382 e. The fourth-order valence-corrected chi connectivity index (χ4v) is 3.78. The molecule has 0 bridgehead atoms. The minimum absolute atomic E-state index is 0.0339. The number of fused-ring (bicyclic) bond motifs is 1. The summed E-state index contributed by atoms with van der Waals surface area (Å²) in [6, 6.07) is 14.1. The minimum atomic E-state index is -0.891. The second kappa shape index (κ2) is 7.23. The van der Waals surface area contributed by atoms with E-state index in [1.165, 1.54) is 0 Å². The van der Waals surface area contributed by atoms with Crippen LogP contribution in [0.3, 0.4) is 0 Å². The first kappa shape index (κ1) is 17.4. The molecular weight excluding hydrogens is 316 g/mol. The van der Waals surface area contributed by atoms with E-state index in [1.54, 1.807) is 19.1 Å². The Labute approximate surface area is 148 Å². The first-order valence-electron chi connectivity index (χ1n) is 8.60. The standard InChI is InChI=1S/C20H24N2O3/c1-21-19(24)20(14-25-2)10-5-11-22(20)18(23)13-15-8-9-16-6-3-4-7-17(16)12-15/h3-4,6-9,12H,5,10-11,13-14H2,1-2H3,(H,21,24). The number of hydrogen-bond donors (Lipinski definition) is 1. The molecule has 25 heavy (non-hydrogen) atoms. The van der Waals surface area contributed by atoms with E-state index in [4.69, 9.17) is 4.74 Å². The van der Waals surface area contributed by atoms with Crippen molar-refractivity contribution in [2.45, 2.75) is 24.8 Å². The van der Waals surface area contributed by atoms with Crippen molar-refractivity contribution in [3.05, 3.63) is 48.0 Å². The Morgan fingerprint density at radius 1 is 1.20 bits per heavy atom. The van der Waals surface area contributed by atoms with Crippen LogP contribution >= 0.6 is 0 Å². The Kier molecular flexibility index (Phi) is 5.04. The normalized spacial score (nSPS) is 20.0. The highest BCUT2D eigenvalue weighted by molar-refractivity contribution is 5.93. The molecule has 0 spiro atoms. The van der Waals surface area contributed by atoms with Gasteiger partial charge in [-0.1, -0.05) is 42.5 Å². The summed E-state index contributed by atoms with van der Waals surface area (Å²) < 4.78 is 5.29. The van der Waals surface area contributed by atoms with Crippen molar-refractivity contribution >= 4 is 22.6 Å². The quantitative estimate of drug-likeness (QED) is 0.907. The zero-order chi connectivity index (χ0) is 17.9. The molecule has 1 fully saturated rings. The number of hydrogen-bond acceptors (Lipinski definition) is 3. The SMILES string of the molecule is CNC(=O)C1(COC)CCCN1C(=O)Cc1ccc2ccccc2c1. The van der Waals surface area contributed by atoms with Crippen molar-refractivity contribution in [2.75, 3.05) is 27.3 Å². The Morgan fingerprint density at radius 3 is 2.68 bits per heavy atom. The molecule has 5 nitrogen and oxygen atoms in total. The number of nitrogens with one attached hydrogen (secondary N) is 1. The molecule has 1 atom stereocenters. The molecule has 0 aromatic heterocycles. The second-order valence-electron chi connectivity index (χ2n) is 6.55. The lowest BCUT2D eigenvalue weighted by molar-refractivity contribution is -0.147. The number of ether oxygens (including phenoxy) is 1. The van der Waals surface area contributed by atoms with E-state index in [0.29, 0.717) is 13.0 Å². The molecule has 1 heterocycles. The third kappa shape index (κ3) is 3.24. The summed E-state index contributed by atoms with van der Waals surface area (Å²) in [6.07, 6.45) is 1.72. The summed E-state index contributed by atoms with van der Waals surface area (Å²) in [5.41, 5.74) is 0.0658. The number of amides is 2. The van der Waals surface area contributed by atoms with Crippen molar-refractivity contribution in [3.63, 3.8) is 0 Å². The molecule has 3 rings (SSSR count). The summed E-state index contributed by atoms with van der Waals surface area (Å²) in [5.74, 6) is -0.188. The Balaban J connectivity index is 1.84. The smallest absolute Gasteiger partial charge is 0.248 e. The van der Waals surface area contributed by atoms with Gasteiger partial charge in [-0.05, 0) is 29.2 Å². The molecule has 0 radical (unpaired) electrons. The average molecular weight is 340 g/mol. The zero-order valence-corrected chi connectivity index (χ0v) is 14.7. The molecule has 1 aliphatic heterocycles. The predicted molar refractivity (Wildman–Crippen MR) is 97.3 cm³/mol. The van der Waals surface area contributed by atoms with Crippen LogP contribution in [0.25, 0.3) is 10.8 Å². The second-order valence-corrected chi connectivity index (χ2v) is 6.55. The van der Waals surface area contributed by atoms with Gasteiger partial charge in [0.05, 0.1) is 13.0 Å². The monoisotopic (exact) mass is 340 g/mol.